The third kappa shape index (κ3) is 3.79. The van der Waals surface area contributed by atoms with Crippen LogP contribution in [0, 0.1) is 12.3 Å². The van der Waals surface area contributed by atoms with Gasteiger partial charge in [0.15, 0.2) is 11.5 Å². The normalized spacial score (nSPS) is 12.6. The molecule has 0 aromatic heterocycles. The minimum atomic E-state index is -1.21. The lowest BCUT2D eigenvalue weighted by molar-refractivity contribution is -0.138. The van der Waals surface area contributed by atoms with Gasteiger partial charge in [0.25, 0.3) is 0 Å². The number of ether oxygens (including phenoxy) is 2. The van der Waals surface area contributed by atoms with Gasteiger partial charge in [-0.2, -0.15) is 0 Å². The predicted molar refractivity (Wildman–Crippen MR) is 98.0 cm³/mol. The zero-order valence-corrected chi connectivity index (χ0v) is 15.1. The number of carbonyl (C=O) groups is 2. The molecule has 1 heterocycles. The van der Waals surface area contributed by atoms with Gasteiger partial charge in [-0.3, -0.25) is 9.59 Å². The van der Waals surface area contributed by atoms with Crippen molar-refractivity contribution in [3.63, 3.8) is 0 Å². The van der Waals surface area contributed by atoms with E-state index in [1.54, 1.807) is 19.9 Å². The van der Waals surface area contributed by atoms with E-state index >= 15 is 0 Å². The highest BCUT2D eigenvalue weighted by molar-refractivity contribution is 6.09. The monoisotopic (exact) mass is 354 g/mol. The van der Waals surface area contributed by atoms with Gasteiger partial charge in [-0.15, -0.1) is 0 Å². The standard InChI is InChI=1S/C20H22N2O4/c1-13-4-7-15(8-5-13)22-19(24)20(2,3)18(23)21-11-14-6-9-16-17(10-14)26-12-25-16/h4-10H,11-12H2,1-3H3,(H,21,23)(H,22,24). The fraction of sp³-hybridized carbons (Fsp3) is 0.300. The molecule has 136 valence electrons. The Hall–Kier alpha value is -3.02. The van der Waals surface area contributed by atoms with Gasteiger partial charge in [0.1, 0.15) is 5.41 Å². The van der Waals surface area contributed by atoms with Gasteiger partial charge >= 0.3 is 0 Å². The van der Waals surface area contributed by atoms with Crippen molar-refractivity contribution in [1.29, 1.82) is 0 Å². The van der Waals surface area contributed by atoms with E-state index in [1.807, 2.05) is 43.3 Å². The second-order valence-electron chi connectivity index (χ2n) is 6.82. The third-order valence-corrected chi connectivity index (χ3v) is 4.33. The van der Waals surface area contributed by atoms with E-state index in [9.17, 15) is 9.59 Å². The molecule has 2 amide bonds. The first kappa shape index (κ1) is 17.8. The van der Waals surface area contributed by atoms with Crippen LogP contribution in [-0.2, 0) is 16.1 Å². The van der Waals surface area contributed by atoms with Crippen molar-refractivity contribution in [1.82, 2.24) is 5.32 Å². The first-order valence-electron chi connectivity index (χ1n) is 8.41. The Labute approximate surface area is 152 Å². The lowest BCUT2D eigenvalue weighted by atomic mass is 9.90. The second-order valence-corrected chi connectivity index (χ2v) is 6.82. The summed E-state index contributed by atoms with van der Waals surface area (Å²) in [7, 11) is 0. The van der Waals surface area contributed by atoms with E-state index in [0.29, 0.717) is 23.7 Å². The summed E-state index contributed by atoms with van der Waals surface area (Å²) >= 11 is 0. The average Bonchev–Trinajstić information content (AvgIpc) is 3.09. The molecule has 0 saturated carbocycles. The molecule has 0 atom stereocenters. The zero-order valence-electron chi connectivity index (χ0n) is 15.1. The number of benzene rings is 2. The molecular weight excluding hydrogens is 332 g/mol. The number of fused-ring (bicyclic) bond motifs is 1. The number of aryl methyl sites for hydroxylation is 1. The predicted octanol–water partition coefficient (Wildman–Crippen LogP) is 3.00. The van der Waals surface area contributed by atoms with Crippen molar-refractivity contribution in [2.75, 3.05) is 12.1 Å². The van der Waals surface area contributed by atoms with Gasteiger partial charge < -0.3 is 20.1 Å². The van der Waals surface area contributed by atoms with Gasteiger partial charge in [-0.1, -0.05) is 23.8 Å². The highest BCUT2D eigenvalue weighted by Crippen LogP contribution is 2.32. The van der Waals surface area contributed by atoms with Crippen LogP contribution >= 0.6 is 0 Å². The van der Waals surface area contributed by atoms with Crippen LogP contribution in [0.25, 0.3) is 0 Å². The van der Waals surface area contributed by atoms with Gasteiger partial charge in [-0.05, 0) is 50.6 Å². The Morgan fingerprint density at radius 1 is 1.00 bits per heavy atom. The summed E-state index contributed by atoms with van der Waals surface area (Å²) < 4.78 is 10.6. The molecule has 1 aliphatic heterocycles. The van der Waals surface area contributed by atoms with E-state index in [1.165, 1.54) is 0 Å². The SMILES string of the molecule is Cc1ccc(NC(=O)C(C)(C)C(=O)NCc2ccc3c(c2)OCO3)cc1. The van der Waals surface area contributed by atoms with Crippen LogP contribution in [0.4, 0.5) is 5.69 Å². The van der Waals surface area contributed by atoms with Crippen LogP contribution in [-0.4, -0.2) is 18.6 Å². The van der Waals surface area contributed by atoms with E-state index < -0.39 is 5.41 Å². The maximum atomic E-state index is 12.5. The Balaban J connectivity index is 1.60. The molecule has 2 aromatic rings. The van der Waals surface area contributed by atoms with Gasteiger partial charge in [0.05, 0.1) is 0 Å². The third-order valence-electron chi connectivity index (χ3n) is 4.33. The number of carbonyl (C=O) groups excluding carboxylic acids is 2. The number of rotatable bonds is 5. The fourth-order valence-electron chi connectivity index (χ4n) is 2.48. The van der Waals surface area contributed by atoms with E-state index in [0.717, 1.165) is 11.1 Å². The van der Waals surface area contributed by atoms with Crippen molar-refractivity contribution < 1.29 is 19.1 Å². The van der Waals surface area contributed by atoms with Crippen molar-refractivity contribution in [3.8, 4) is 11.5 Å². The fourth-order valence-corrected chi connectivity index (χ4v) is 2.48. The molecule has 0 aliphatic carbocycles. The molecule has 1 aliphatic rings. The van der Waals surface area contributed by atoms with E-state index in [-0.39, 0.29) is 18.6 Å². The lowest BCUT2D eigenvalue weighted by Crippen LogP contribution is -2.44. The van der Waals surface area contributed by atoms with Crippen LogP contribution in [0.2, 0.25) is 0 Å². The van der Waals surface area contributed by atoms with Crippen molar-refractivity contribution in [3.05, 3.63) is 53.6 Å². The van der Waals surface area contributed by atoms with Crippen molar-refractivity contribution >= 4 is 17.5 Å². The number of nitrogens with one attached hydrogen (secondary N) is 2. The Kier molecular flexibility index (Phi) is 4.84. The molecule has 6 nitrogen and oxygen atoms in total. The number of amides is 2. The van der Waals surface area contributed by atoms with Gasteiger partial charge in [0.2, 0.25) is 18.6 Å². The first-order chi connectivity index (χ1) is 12.4. The summed E-state index contributed by atoms with van der Waals surface area (Å²) in [6.07, 6.45) is 0. The molecule has 0 spiro atoms. The molecule has 26 heavy (non-hydrogen) atoms. The molecule has 0 fully saturated rings. The molecular formula is C20H22N2O4. The maximum Gasteiger partial charge on any atom is 0.239 e. The summed E-state index contributed by atoms with van der Waals surface area (Å²) in [5.74, 6) is 0.648. The number of hydrogen-bond donors (Lipinski definition) is 2. The van der Waals surface area contributed by atoms with Crippen LogP contribution < -0.4 is 20.1 Å². The Morgan fingerprint density at radius 2 is 1.69 bits per heavy atom. The van der Waals surface area contributed by atoms with Crippen LogP contribution in [0.3, 0.4) is 0 Å². The minimum absolute atomic E-state index is 0.206. The molecule has 0 unspecified atom stereocenters. The van der Waals surface area contributed by atoms with Crippen LogP contribution in [0.15, 0.2) is 42.5 Å². The molecule has 0 saturated heterocycles. The zero-order chi connectivity index (χ0) is 18.7. The largest absolute Gasteiger partial charge is 0.454 e. The Bertz CT molecular complexity index is 828. The van der Waals surface area contributed by atoms with Crippen LogP contribution in [0.5, 0.6) is 11.5 Å². The molecule has 6 heteroatoms. The molecule has 0 bridgehead atoms. The lowest BCUT2D eigenvalue weighted by Gasteiger charge is -2.23. The van der Waals surface area contributed by atoms with Gasteiger partial charge in [0, 0.05) is 12.2 Å². The van der Waals surface area contributed by atoms with Crippen molar-refractivity contribution in [2.45, 2.75) is 27.3 Å². The highest BCUT2D eigenvalue weighted by atomic mass is 16.7. The highest BCUT2D eigenvalue weighted by Gasteiger charge is 2.36. The summed E-state index contributed by atoms with van der Waals surface area (Å²) in [6.45, 7) is 5.68. The molecule has 2 aromatic carbocycles. The quantitative estimate of drug-likeness (QED) is 0.809. The number of hydrogen-bond acceptors (Lipinski definition) is 4. The molecule has 3 rings (SSSR count). The minimum Gasteiger partial charge on any atom is -0.454 e. The summed E-state index contributed by atoms with van der Waals surface area (Å²) in [5.41, 5.74) is 1.43. The van der Waals surface area contributed by atoms with E-state index in [4.69, 9.17) is 9.47 Å². The maximum absolute atomic E-state index is 12.5. The smallest absolute Gasteiger partial charge is 0.239 e. The first-order valence-corrected chi connectivity index (χ1v) is 8.41. The number of anilines is 1. The topological polar surface area (TPSA) is 76.7 Å². The van der Waals surface area contributed by atoms with E-state index in [2.05, 4.69) is 10.6 Å². The second kappa shape index (κ2) is 7.07. The Morgan fingerprint density at radius 3 is 2.42 bits per heavy atom. The summed E-state index contributed by atoms with van der Waals surface area (Å²) in [4.78, 5) is 25.0. The van der Waals surface area contributed by atoms with Crippen molar-refractivity contribution in [2.24, 2.45) is 5.41 Å². The summed E-state index contributed by atoms with van der Waals surface area (Å²) in [5, 5.41) is 5.60. The van der Waals surface area contributed by atoms with Gasteiger partial charge in [-0.25, -0.2) is 0 Å². The molecule has 2 N–H and O–H groups in total. The van der Waals surface area contributed by atoms with Crippen LogP contribution in [0.1, 0.15) is 25.0 Å². The average molecular weight is 354 g/mol. The molecule has 0 radical (unpaired) electrons. The summed E-state index contributed by atoms with van der Waals surface area (Å²) in [6, 6.07) is 12.9.